The minimum atomic E-state index is 0.646. The molecule has 1 N–H and O–H groups in total. The molecular formula is C11H12ClN3S. The highest BCUT2D eigenvalue weighted by atomic mass is 35.5. The van der Waals surface area contributed by atoms with Gasteiger partial charge in [-0.3, -0.25) is 0 Å². The molecule has 0 aliphatic rings. The van der Waals surface area contributed by atoms with E-state index in [9.17, 15) is 0 Å². The number of hydrogen-bond acceptors (Lipinski definition) is 4. The Morgan fingerprint density at radius 2 is 2.19 bits per heavy atom. The van der Waals surface area contributed by atoms with Crippen LogP contribution in [0.25, 0.3) is 0 Å². The standard InChI is InChI=1S/C11H12ClN3S/c1-2-9-6-15-11(16-9)7-14-10-4-3-8(12)5-13-10/h3-6H,2,7H2,1H3,(H,13,14). The second-order valence-electron chi connectivity index (χ2n) is 3.29. The van der Waals surface area contributed by atoms with Crippen LogP contribution in [0.2, 0.25) is 5.02 Å². The maximum Gasteiger partial charge on any atom is 0.126 e. The lowest BCUT2D eigenvalue weighted by atomic mass is 10.4. The highest BCUT2D eigenvalue weighted by Gasteiger charge is 2.00. The zero-order valence-electron chi connectivity index (χ0n) is 8.90. The van der Waals surface area contributed by atoms with Gasteiger partial charge in [-0.05, 0) is 18.6 Å². The van der Waals surface area contributed by atoms with Gasteiger partial charge in [0.1, 0.15) is 10.8 Å². The van der Waals surface area contributed by atoms with E-state index in [0.29, 0.717) is 11.6 Å². The zero-order valence-corrected chi connectivity index (χ0v) is 10.5. The summed E-state index contributed by atoms with van der Waals surface area (Å²) >= 11 is 7.48. The van der Waals surface area contributed by atoms with E-state index in [0.717, 1.165) is 17.2 Å². The molecule has 2 heterocycles. The number of halogens is 1. The zero-order chi connectivity index (χ0) is 11.4. The van der Waals surface area contributed by atoms with Gasteiger partial charge in [-0.2, -0.15) is 0 Å². The smallest absolute Gasteiger partial charge is 0.126 e. The first kappa shape index (κ1) is 11.4. The van der Waals surface area contributed by atoms with Gasteiger partial charge in [0, 0.05) is 17.3 Å². The van der Waals surface area contributed by atoms with Crippen LogP contribution in [-0.2, 0) is 13.0 Å². The van der Waals surface area contributed by atoms with E-state index in [1.165, 1.54) is 4.88 Å². The quantitative estimate of drug-likeness (QED) is 0.908. The molecule has 0 saturated heterocycles. The van der Waals surface area contributed by atoms with Crippen molar-refractivity contribution in [2.75, 3.05) is 5.32 Å². The summed E-state index contributed by atoms with van der Waals surface area (Å²) < 4.78 is 0. The van der Waals surface area contributed by atoms with Gasteiger partial charge < -0.3 is 5.32 Å². The minimum Gasteiger partial charge on any atom is -0.364 e. The first-order valence-corrected chi connectivity index (χ1v) is 6.26. The normalized spacial score (nSPS) is 10.4. The lowest BCUT2D eigenvalue weighted by Crippen LogP contribution is -2.00. The van der Waals surface area contributed by atoms with Crippen LogP contribution in [0.1, 0.15) is 16.8 Å². The van der Waals surface area contributed by atoms with Gasteiger partial charge >= 0.3 is 0 Å². The molecule has 0 aliphatic carbocycles. The average Bonchev–Trinajstić information content (AvgIpc) is 2.76. The number of anilines is 1. The molecular weight excluding hydrogens is 242 g/mol. The molecule has 2 rings (SSSR count). The van der Waals surface area contributed by atoms with Crippen LogP contribution in [0.4, 0.5) is 5.82 Å². The number of hydrogen-bond donors (Lipinski definition) is 1. The third kappa shape index (κ3) is 2.93. The van der Waals surface area contributed by atoms with Gasteiger partial charge in [0.15, 0.2) is 0 Å². The Balaban J connectivity index is 1.94. The Bertz CT molecular complexity index is 453. The molecule has 0 unspecified atom stereocenters. The molecule has 2 aromatic rings. The molecule has 0 saturated carbocycles. The molecule has 0 spiro atoms. The van der Waals surface area contributed by atoms with Crippen molar-refractivity contribution in [3.8, 4) is 0 Å². The van der Waals surface area contributed by atoms with E-state index in [1.54, 1.807) is 17.5 Å². The second kappa shape index (κ2) is 5.27. The molecule has 0 radical (unpaired) electrons. The molecule has 0 aliphatic heterocycles. The SMILES string of the molecule is CCc1cnc(CNc2ccc(Cl)cn2)s1. The van der Waals surface area contributed by atoms with Crippen LogP contribution in [0.5, 0.6) is 0 Å². The van der Waals surface area contributed by atoms with E-state index >= 15 is 0 Å². The summed E-state index contributed by atoms with van der Waals surface area (Å²) in [6.45, 7) is 2.84. The van der Waals surface area contributed by atoms with Gasteiger partial charge in [-0.25, -0.2) is 9.97 Å². The van der Waals surface area contributed by atoms with Gasteiger partial charge in [-0.1, -0.05) is 18.5 Å². The fraction of sp³-hybridized carbons (Fsp3) is 0.273. The summed E-state index contributed by atoms with van der Waals surface area (Å²) in [7, 11) is 0. The van der Waals surface area contributed by atoms with Crippen LogP contribution in [0.15, 0.2) is 24.5 Å². The highest BCUT2D eigenvalue weighted by molar-refractivity contribution is 7.11. The topological polar surface area (TPSA) is 37.8 Å². The van der Waals surface area contributed by atoms with Crippen molar-refractivity contribution in [2.45, 2.75) is 19.9 Å². The molecule has 0 bridgehead atoms. The Labute approximate surface area is 104 Å². The maximum atomic E-state index is 5.75. The summed E-state index contributed by atoms with van der Waals surface area (Å²) in [4.78, 5) is 9.78. The lowest BCUT2D eigenvalue weighted by Gasteiger charge is -2.02. The number of aryl methyl sites for hydroxylation is 1. The average molecular weight is 254 g/mol. The minimum absolute atomic E-state index is 0.646. The van der Waals surface area contributed by atoms with Crippen molar-refractivity contribution in [3.63, 3.8) is 0 Å². The van der Waals surface area contributed by atoms with Gasteiger partial charge in [-0.15, -0.1) is 11.3 Å². The number of nitrogens with one attached hydrogen (secondary N) is 1. The van der Waals surface area contributed by atoms with Crippen LogP contribution < -0.4 is 5.32 Å². The summed E-state index contributed by atoms with van der Waals surface area (Å²) in [5.41, 5.74) is 0. The Hall–Kier alpha value is -1.13. The van der Waals surface area contributed by atoms with Gasteiger partial charge in [0.25, 0.3) is 0 Å². The van der Waals surface area contributed by atoms with Crippen molar-refractivity contribution in [3.05, 3.63) is 39.4 Å². The number of aromatic nitrogens is 2. The van der Waals surface area contributed by atoms with Crippen molar-refractivity contribution in [2.24, 2.45) is 0 Å². The fourth-order valence-electron chi connectivity index (χ4n) is 1.24. The highest BCUT2D eigenvalue weighted by Crippen LogP contribution is 2.15. The van der Waals surface area contributed by atoms with Gasteiger partial charge in [0.2, 0.25) is 0 Å². The molecule has 0 atom stereocenters. The first-order chi connectivity index (χ1) is 7.78. The third-order valence-electron chi connectivity index (χ3n) is 2.10. The lowest BCUT2D eigenvalue weighted by molar-refractivity contribution is 1.07. The Morgan fingerprint density at radius 3 is 2.81 bits per heavy atom. The molecule has 5 heteroatoms. The van der Waals surface area contributed by atoms with Crippen molar-refractivity contribution in [1.82, 2.24) is 9.97 Å². The maximum absolute atomic E-state index is 5.75. The Kier molecular flexibility index (Phi) is 3.74. The van der Waals surface area contributed by atoms with E-state index in [1.807, 2.05) is 18.3 Å². The molecule has 0 amide bonds. The summed E-state index contributed by atoms with van der Waals surface area (Å²) in [5.74, 6) is 0.817. The number of nitrogens with zero attached hydrogens (tertiary/aromatic N) is 2. The van der Waals surface area contributed by atoms with E-state index in [-0.39, 0.29) is 0 Å². The Morgan fingerprint density at radius 1 is 1.31 bits per heavy atom. The molecule has 3 nitrogen and oxygen atoms in total. The van der Waals surface area contributed by atoms with Crippen LogP contribution in [0, 0.1) is 0 Å². The second-order valence-corrected chi connectivity index (χ2v) is 4.93. The molecule has 0 fully saturated rings. The molecule has 16 heavy (non-hydrogen) atoms. The van der Waals surface area contributed by atoms with Gasteiger partial charge in [0.05, 0.1) is 11.6 Å². The molecule has 84 valence electrons. The van der Waals surface area contributed by atoms with E-state index in [2.05, 4.69) is 22.2 Å². The summed E-state index contributed by atoms with van der Waals surface area (Å²) in [5, 5.41) is 4.93. The summed E-state index contributed by atoms with van der Waals surface area (Å²) in [6, 6.07) is 3.67. The number of thiazole rings is 1. The number of rotatable bonds is 4. The first-order valence-electron chi connectivity index (χ1n) is 5.07. The van der Waals surface area contributed by atoms with E-state index < -0.39 is 0 Å². The fourth-order valence-corrected chi connectivity index (χ4v) is 2.15. The van der Waals surface area contributed by atoms with E-state index in [4.69, 9.17) is 11.6 Å². The predicted molar refractivity (Wildman–Crippen MR) is 68.1 cm³/mol. The van der Waals surface area contributed by atoms with Crippen molar-refractivity contribution < 1.29 is 0 Å². The van der Waals surface area contributed by atoms with Crippen LogP contribution in [0.3, 0.4) is 0 Å². The molecule has 2 aromatic heterocycles. The van der Waals surface area contributed by atoms with Crippen molar-refractivity contribution in [1.29, 1.82) is 0 Å². The summed E-state index contributed by atoms with van der Waals surface area (Å²) in [6.07, 6.45) is 4.59. The van der Waals surface area contributed by atoms with Crippen molar-refractivity contribution >= 4 is 28.8 Å². The third-order valence-corrected chi connectivity index (χ3v) is 3.46. The molecule has 0 aromatic carbocycles. The number of pyridine rings is 1. The monoisotopic (exact) mass is 253 g/mol. The van der Waals surface area contributed by atoms with Crippen LogP contribution in [-0.4, -0.2) is 9.97 Å². The van der Waals surface area contributed by atoms with Crippen LogP contribution >= 0.6 is 22.9 Å². The largest absolute Gasteiger partial charge is 0.364 e. The predicted octanol–water partition coefficient (Wildman–Crippen LogP) is 3.37.